The molecular formula is C46H72N4O5. The Morgan fingerprint density at radius 1 is 0.945 bits per heavy atom. The van der Waals surface area contributed by atoms with Gasteiger partial charge < -0.3 is 14.7 Å². The van der Waals surface area contributed by atoms with Gasteiger partial charge in [0, 0.05) is 43.1 Å². The summed E-state index contributed by atoms with van der Waals surface area (Å²) in [6, 6.07) is 2.02. The van der Waals surface area contributed by atoms with E-state index in [2.05, 4.69) is 82.3 Å². The zero-order valence-electron chi connectivity index (χ0n) is 36.1. The number of rotatable bonds is 13. The molecule has 1 heterocycles. The van der Waals surface area contributed by atoms with Crippen LogP contribution in [0.4, 0.5) is 0 Å². The highest BCUT2D eigenvalue weighted by molar-refractivity contribution is 6.00. The number of Topliss-reactive ketones (excluding diaryl/α,β-unsaturated/α-hetero) is 1. The Morgan fingerprint density at radius 2 is 1.67 bits per heavy atom. The zero-order valence-corrected chi connectivity index (χ0v) is 36.1. The molecule has 0 aliphatic heterocycles. The number of hydrogen-bond donors (Lipinski definition) is 1. The molecule has 306 valence electrons. The summed E-state index contributed by atoms with van der Waals surface area (Å²) < 4.78 is 6.20. The first-order valence-corrected chi connectivity index (χ1v) is 21.4. The smallest absolute Gasteiger partial charge is 0.309 e. The van der Waals surface area contributed by atoms with Crippen LogP contribution in [0.25, 0.3) is 0 Å². The number of ether oxygens (including phenoxy) is 1. The first kappa shape index (κ1) is 42.0. The molecule has 0 amide bonds. The highest BCUT2D eigenvalue weighted by Crippen LogP contribution is 2.77. The number of ketones is 1. The van der Waals surface area contributed by atoms with E-state index < -0.39 is 17.4 Å². The van der Waals surface area contributed by atoms with Crippen LogP contribution < -0.4 is 0 Å². The lowest BCUT2D eigenvalue weighted by Gasteiger charge is -2.72. The molecule has 0 radical (unpaired) electrons. The molecule has 8 atom stereocenters. The van der Waals surface area contributed by atoms with Gasteiger partial charge in [0.1, 0.15) is 12.4 Å². The first-order chi connectivity index (χ1) is 25.6. The van der Waals surface area contributed by atoms with Gasteiger partial charge in [-0.3, -0.25) is 19.3 Å². The molecular weight excluding hydrogens is 689 g/mol. The van der Waals surface area contributed by atoms with Crippen molar-refractivity contribution in [2.24, 2.45) is 56.2 Å². The second kappa shape index (κ2) is 14.9. The fourth-order valence-corrected chi connectivity index (χ4v) is 13.5. The van der Waals surface area contributed by atoms with Crippen molar-refractivity contribution in [3.63, 3.8) is 0 Å². The summed E-state index contributed by atoms with van der Waals surface area (Å²) in [5, 5.41) is 9.64. The van der Waals surface area contributed by atoms with Gasteiger partial charge in [-0.2, -0.15) is 0 Å². The number of likely N-dealkylation sites (N-methyl/N-ethyl adjacent to an activating group) is 1. The van der Waals surface area contributed by atoms with Crippen LogP contribution >= 0.6 is 0 Å². The van der Waals surface area contributed by atoms with Crippen molar-refractivity contribution in [2.45, 2.75) is 146 Å². The molecule has 1 aromatic heterocycles. The molecule has 0 bridgehead atoms. The van der Waals surface area contributed by atoms with Crippen molar-refractivity contribution >= 4 is 17.7 Å². The standard InChI is InChI=1S/C46H72N4O5/c1-30(2)38-33(51)26-46(21-23-50(25-24-49(10)11)28-31-16-22-47-29-48-31)20-19-44(8)32(39(38)46)12-13-35-43(7)17-15-36(55-37(52)27-41(3,4)40(53)54)42(5,6)34(43)14-18-45(35,44)9/h16,22,29-30,32,34-36H,12-15,17-21,23-28H2,1-11H3,(H,53,54)/t32-,34?,35?,36+,43+,44-,45-,46-/m1/s1. The van der Waals surface area contributed by atoms with Crippen LogP contribution in [0.3, 0.4) is 0 Å². The third kappa shape index (κ3) is 7.25. The topological polar surface area (TPSA) is 113 Å². The quantitative estimate of drug-likeness (QED) is 0.198. The minimum atomic E-state index is -1.15. The lowest BCUT2D eigenvalue weighted by molar-refractivity contribution is -0.233. The summed E-state index contributed by atoms with van der Waals surface area (Å²) in [4.78, 5) is 52.7. The number of nitrogens with zero attached hydrogens (tertiary/aromatic N) is 4. The maximum atomic E-state index is 14.2. The predicted molar refractivity (Wildman–Crippen MR) is 216 cm³/mol. The van der Waals surface area contributed by atoms with E-state index in [4.69, 9.17) is 4.74 Å². The molecule has 9 heteroatoms. The van der Waals surface area contributed by atoms with Crippen LogP contribution in [-0.4, -0.2) is 82.4 Å². The summed E-state index contributed by atoms with van der Waals surface area (Å²) in [6.07, 6.45) is 13.4. The third-order valence-electron chi connectivity index (χ3n) is 16.8. The van der Waals surface area contributed by atoms with E-state index in [1.54, 1.807) is 25.7 Å². The van der Waals surface area contributed by atoms with Crippen LogP contribution in [0, 0.1) is 56.2 Å². The Labute approximate surface area is 331 Å². The molecule has 55 heavy (non-hydrogen) atoms. The van der Waals surface area contributed by atoms with Crippen LogP contribution in [0.1, 0.15) is 139 Å². The van der Waals surface area contributed by atoms with Crippen LogP contribution in [0.15, 0.2) is 29.7 Å². The SMILES string of the molecule is CC(C)C1=C2[C@H]3CCC4[C@@]5(C)CC[C@H](OC(=O)CC(C)(C)C(=O)O)C(C)(C)C5CC[C@@]4(C)[C@]3(C)CC[C@@]2(CCN(CCN(C)C)Cc2ccncn2)CC1=O. The molecule has 0 aromatic carbocycles. The second-order valence-electron chi connectivity index (χ2n) is 21.2. The molecule has 1 N–H and O–H groups in total. The van der Waals surface area contributed by atoms with Crippen molar-refractivity contribution in [3.05, 3.63) is 35.4 Å². The van der Waals surface area contributed by atoms with E-state index >= 15 is 0 Å². The van der Waals surface area contributed by atoms with Crippen molar-refractivity contribution in [1.82, 2.24) is 19.8 Å². The monoisotopic (exact) mass is 761 g/mol. The van der Waals surface area contributed by atoms with Gasteiger partial charge in [-0.25, -0.2) is 9.97 Å². The predicted octanol–water partition coefficient (Wildman–Crippen LogP) is 8.62. The lowest BCUT2D eigenvalue weighted by Crippen LogP contribution is -2.65. The van der Waals surface area contributed by atoms with Gasteiger partial charge in [0.05, 0.1) is 17.5 Å². The minimum absolute atomic E-state index is 0.0770. The Hall–Kier alpha value is -2.65. The van der Waals surface area contributed by atoms with Crippen molar-refractivity contribution in [3.8, 4) is 0 Å². The van der Waals surface area contributed by atoms with Gasteiger partial charge in [0.15, 0.2) is 5.78 Å². The summed E-state index contributed by atoms with van der Waals surface area (Å²) in [5.41, 5.74) is 2.62. The summed E-state index contributed by atoms with van der Waals surface area (Å²) in [7, 11) is 4.26. The van der Waals surface area contributed by atoms with E-state index in [0.717, 1.165) is 88.8 Å². The van der Waals surface area contributed by atoms with Gasteiger partial charge in [-0.15, -0.1) is 0 Å². The summed E-state index contributed by atoms with van der Waals surface area (Å²) in [6.45, 7) is 23.7. The van der Waals surface area contributed by atoms with Crippen LogP contribution in [-0.2, 0) is 25.7 Å². The molecule has 4 saturated carbocycles. The maximum Gasteiger partial charge on any atom is 0.309 e. The highest BCUT2D eigenvalue weighted by Gasteiger charge is 2.70. The van der Waals surface area contributed by atoms with Crippen LogP contribution in [0.2, 0.25) is 0 Å². The van der Waals surface area contributed by atoms with E-state index in [1.807, 2.05) is 12.3 Å². The molecule has 9 nitrogen and oxygen atoms in total. The van der Waals surface area contributed by atoms with Crippen molar-refractivity contribution in [2.75, 3.05) is 33.7 Å². The minimum Gasteiger partial charge on any atom is -0.481 e. The van der Waals surface area contributed by atoms with Gasteiger partial charge in [0.2, 0.25) is 0 Å². The van der Waals surface area contributed by atoms with E-state index in [0.29, 0.717) is 30.0 Å². The Morgan fingerprint density at radius 3 is 2.31 bits per heavy atom. The average molecular weight is 761 g/mol. The third-order valence-corrected chi connectivity index (χ3v) is 16.8. The Balaban J connectivity index is 1.26. The number of aromatic nitrogens is 2. The van der Waals surface area contributed by atoms with Gasteiger partial charge in [-0.1, -0.05) is 54.0 Å². The Bertz CT molecular complexity index is 1650. The fraction of sp³-hybridized carbons (Fsp3) is 0.804. The highest BCUT2D eigenvalue weighted by atomic mass is 16.5. The molecule has 6 rings (SSSR count). The van der Waals surface area contributed by atoms with Crippen molar-refractivity contribution < 1.29 is 24.2 Å². The number of esters is 1. The largest absolute Gasteiger partial charge is 0.481 e. The summed E-state index contributed by atoms with van der Waals surface area (Å²) >= 11 is 0. The van der Waals surface area contributed by atoms with Gasteiger partial charge in [0.25, 0.3) is 0 Å². The number of carboxylic acids is 1. The number of hydrogen-bond acceptors (Lipinski definition) is 8. The average Bonchev–Trinajstić information content (AvgIpc) is 3.40. The molecule has 4 fully saturated rings. The van der Waals surface area contributed by atoms with E-state index in [-0.39, 0.29) is 45.5 Å². The molecule has 5 aliphatic carbocycles. The van der Waals surface area contributed by atoms with Crippen LogP contribution in [0.5, 0.6) is 0 Å². The van der Waals surface area contributed by atoms with Crippen molar-refractivity contribution in [1.29, 1.82) is 0 Å². The number of carbonyl (C=O) groups is 3. The lowest BCUT2D eigenvalue weighted by atomic mass is 9.33. The van der Waals surface area contributed by atoms with E-state index in [1.165, 1.54) is 6.42 Å². The van der Waals surface area contributed by atoms with Gasteiger partial charge in [-0.05, 0) is 144 Å². The second-order valence-corrected chi connectivity index (χ2v) is 21.2. The van der Waals surface area contributed by atoms with E-state index in [9.17, 15) is 19.5 Å². The normalized spacial score (nSPS) is 35.7. The number of aliphatic carboxylic acids is 1. The first-order valence-electron chi connectivity index (χ1n) is 21.4. The number of fused-ring (bicyclic) bond motifs is 7. The summed E-state index contributed by atoms with van der Waals surface area (Å²) in [5.74, 6) is 0.598. The fourth-order valence-electron chi connectivity index (χ4n) is 13.5. The molecule has 2 unspecified atom stereocenters. The Kier molecular flexibility index (Phi) is 11.4. The zero-order chi connectivity index (χ0) is 40.4. The number of carboxylic acid groups (broad SMARTS) is 1. The maximum absolute atomic E-state index is 14.2. The molecule has 1 aromatic rings. The molecule has 0 saturated heterocycles. The molecule has 0 spiro atoms. The molecule has 5 aliphatic rings. The number of carbonyl (C=O) groups excluding carboxylic acids is 2. The van der Waals surface area contributed by atoms with Gasteiger partial charge >= 0.3 is 11.9 Å². The number of allylic oxidation sites excluding steroid dienone is 2.